The van der Waals surface area contributed by atoms with Crippen molar-refractivity contribution < 1.29 is 42.8 Å². The highest BCUT2D eigenvalue weighted by atomic mass is 32.2. The van der Waals surface area contributed by atoms with Crippen molar-refractivity contribution in [2.75, 3.05) is 13.2 Å². The number of carbonyl (C=O) groups is 1. The third-order valence-corrected chi connectivity index (χ3v) is 9.99. The van der Waals surface area contributed by atoms with E-state index in [1.807, 2.05) is 30.3 Å². The Labute approximate surface area is 240 Å². The molecule has 6 atom stereocenters. The molecule has 1 saturated carbocycles. The number of hydroxylamine groups is 1. The number of fused-ring (bicyclic) bond motifs is 1. The van der Waals surface area contributed by atoms with Gasteiger partial charge in [0.1, 0.15) is 5.75 Å². The third-order valence-electron chi connectivity index (χ3n) is 8.31. The van der Waals surface area contributed by atoms with Crippen LogP contribution in [0.25, 0.3) is 0 Å². The summed E-state index contributed by atoms with van der Waals surface area (Å²) in [6, 6.07) is 12.0. The smallest absolute Gasteiger partial charge is 0.404 e. The van der Waals surface area contributed by atoms with Crippen molar-refractivity contribution in [1.82, 2.24) is 9.79 Å². The number of carboxylic acid groups (broad SMARTS) is 1. The number of nitrogens with zero attached hydrogens (tertiary/aromatic N) is 1. The predicted octanol–water partition coefficient (Wildman–Crippen LogP) is 3.26. The highest BCUT2D eigenvalue weighted by molar-refractivity contribution is 7.89. The van der Waals surface area contributed by atoms with Crippen molar-refractivity contribution in [1.29, 1.82) is 0 Å². The molecule has 0 spiro atoms. The first kappa shape index (κ1) is 29.7. The van der Waals surface area contributed by atoms with Gasteiger partial charge in [-0.15, -0.1) is 0 Å². The van der Waals surface area contributed by atoms with E-state index in [2.05, 4.69) is 5.32 Å². The van der Waals surface area contributed by atoms with Gasteiger partial charge >= 0.3 is 6.09 Å². The van der Waals surface area contributed by atoms with Gasteiger partial charge in [-0.1, -0.05) is 54.1 Å². The summed E-state index contributed by atoms with van der Waals surface area (Å²) in [5.41, 5.74) is 0.773. The summed E-state index contributed by atoms with van der Waals surface area (Å²) < 4.78 is 41.2. The number of ether oxygens (including phenoxy) is 2. The number of hydrogen-bond acceptors (Lipinski definition) is 8. The number of nitrogens with one attached hydrogen (secondary N) is 1. The Morgan fingerprint density at radius 2 is 1.73 bits per heavy atom. The second kappa shape index (κ2) is 13.1. The average molecular weight is 591 g/mol. The van der Waals surface area contributed by atoms with Crippen LogP contribution in [-0.4, -0.2) is 78.1 Å². The van der Waals surface area contributed by atoms with Crippen molar-refractivity contribution in [3.63, 3.8) is 0 Å². The minimum Gasteiger partial charge on any atom is -0.508 e. The fraction of sp³-hybridized carbons (Fsp3) is 0.552. The standard InChI is InChI=1S/C29H38N2O9S/c32-20-11-13-22(14-12-20)41(36,37)31(40-21-9-5-2-6-10-21)26(24-18-39-28-23(24)15-16-38-28)27(33)25(30-29(34)35)17-19-7-3-1-4-8-19/h1,3-4,7-8,11-14,21,23-28,30,32-33H,2,5-6,9-10,15-18H2,(H,34,35)/t23-,24+,25-,26?,27+,28+/m0/s1. The molecule has 4 N–H and O–H groups in total. The molecule has 11 nitrogen and oxygen atoms in total. The maximum atomic E-state index is 14.3. The number of phenolic OH excluding ortho intramolecular Hbond substituents is 1. The molecule has 3 fully saturated rings. The van der Waals surface area contributed by atoms with Crippen LogP contribution in [-0.2, 0) is 30.8 Å². The molecule has 3 aliphatic rings. The van der Waals surface area contributed by atoms with E-state index in [9.17, 15) is 28.5 Å². The molecule has 2 aromatic carbocycles. The van der Waals surface area contributed by atoms with Crippen LogP contribution in [0.5, 0.6) is 5.75 Å². The zero-order valence-electron chi connectivity index (χ0n) is 22.7. The summed E-state index contributed by atoms with van der Waals surface area (Å²) in [6.07, 6.45) is 1.04. The lowest BCUT2D eigenvalue weighted by molar-refractivity contribution is -0.197. The van der Waals surface area contributed by atoms with Crippen LogP contribution in [0.1, 0.15) is 44.1 Å². The monoisotopic (exact) mass is 590 g/mol. The van der Waals surface area contributed by atoms with Gasteiger partial charge < -0.3 is 30.1 Å². The number of phenols is 1. The number of aliphatic hydroxyl groups is 1. The summed E-state index contributed by atoms with van der Waals surface area (Å²) in [5, 5.41) is 34.0. The molecule has 2 aromatic rings. The molecule has 1 unspecified atom stereocenters. The van der Waals surface area contributed by atoms with Crippen molar-refractivity contribution in [3.8, 4) is 5.75 Å². The Kier molecular flexibility index (Phi) is 9.47. The summed E-state index contributed by atoms with van der Waals surface area (Å²) in [4.78, 5) is 18.1. The van der Waals surface area contributed by atoms with Gasteiger partial charge in [-0.2, -0.15) is 0 Å². The molecule has 0 aromatic heterocycles. The van der Waals surface area contributed by atoms with Gasteiger partial charge in [0.2, 0.25) is 0 Å². The van der Waals surface area contributed by atoms with E-state index in [-0.39, 0.29) is 29.6 Å². The molecule has 0 radical (unpaired) electrons. The van der Waals surface area contributed by atoms with E-state index < -0.39 is 52.6 Å². The van der Waals surface area contributed by atoms with Gasteiger partial charge in [-0.3, -0.25) is 4.84 Å². The molecule has 2 aliphatic heterocycles. The zero-order chi connectivity index (χ0) is 29.0. The highest BCUT2D eigenvalue weighted by Crippen LogP contribution is 2.42. The molecular formula is C29H38N2O9S. The normalized spacial score (nSPS) is 25.5. The number of aromatic hydroxyl groups is 1. The van der Waals surface area contributed by atoms with E-state index in [0.29, 0.717) is 25.9 Å². The van der Waals surface area contributed by atoms with Gasteiger partial charge in [-0.05, 0) is 55.5 Å². The zero-order valence-corrected chi connectivity index (χ0v) is 23.6. The second-order valence-corrected chi connectivity index (χ2v) is 12.8. The molecule has 41 heavy (non-hydrogen) atoms. The minimum atomic E-state index is -4.39. The third kappa shape index (κ3) is 6.85. The topological polar surface area (TPSA) is 155 Å². The van der Waals surface area contributed by atoms with Crippen molar-refractivity contribution in [2.24, 2.45) is 11.8 Å². The summed E-state index contributed by atoms with van der Waals surface area (Å²) in [6.45, 7) is 0.543. The number of benzene rings is 2. The van der Waals surface area contributed by atoms with Crippen LogP contribution in [0.2, 0.25) is 0 Å². The minimum absolute atomic E-state index is 0.0935. The largest absolute Gasteiger partial charge is 0.508 e. The molecule has 1 amide bonds. The first-order chi connectivity index (χ1) is 19.7. The SMILES string of the molecule is O=C(O)N[C@@H](Cc1ccccc1)[C@@H](O)C([C@@H]1CO[C@H]2OCC[C@H]21)N(OC1CCCCC1)S(=O)(=O)c1ccc(O)cc1. The fourth-order valence-corrected chi connectivity index (χ4v) is 7.76. The lowest BCUT2D eigenvalue weighted by atomic mass is 9.82. The average Bonchev–Trinajstić information content (AvgIpc) is 3.58. The van der Waals surface area contributed by atoms with E-state index in [4.69, 9.17) is 14.3 Å². The quantitative estimate of drug-likeness (QED) is 0.289. The number of amides is 1. The number of rotatable bonds is 11. The van der Waals surface area contributed by atoms with Crippen LogP contribution in [0.15, 0.2) is 59.5 Å². The molecule has 224 valence electrons. The summed E-state index contributed by atoms with van der Waals surface area (Å²) >= 11 is 0. The number of aliphatic hydroxyl groups excluding tert-OH is 1. The lowest BCUT2D eigenvalue weighted by Crippen LogP contribution is -2.60. The number of sulfonamides is 1. The Morgan fingerprint density at radius 1 is 1.02 bits per heavy atom. The van der Waals surface area contributed by atoms with Crippen LogP contribution in [0.4, 0.5) is 4.79 Å². The van der Waals surface area contributed by atoms with Gasteiger partial charge in [0.15, 0.2) is 6.29 Å². The summed E-state index contributed by atoms with van der Waals surface area (Å²) in [7, 11) is -4.39. The number of hydrogen-bond donors (Lipinski definition) is 4. The molecule has 1 aliphatic carbocycles. The molecule has 0 bridgehead atoms. The summed E-state index contributed by atoms with van der Waals surface area (Å²) in [5.74, 6) is -0.852. The fourth-order valence-electron chi connectivity index (χ4n) is 6.23. The molecule has 2 saturated heterocycles. The molecular weight excluding hydrogens is 552 g/mol. The maximum Gasteiger partial charge on any atom is 0.404 e. The second-order valence-electron chi connectivity index (χ2n) is 11.0. The van der Waals surface area contributed by atoms with Crippen LogP contribution in [0.3, 0.4) is 0 Å². The van der Waals surface area contributed by atoms with E-state index in [0.717, 1.165) is 29.3 Å². The van der Waals surface area contributed by atoms with Crippen LogP contribution in [0, 0.1) is 11.8 Å². The van der Waals surface area contributed by atoms with Gasteiger partial charge in [-0.25, -0.2) is 13.2 Å². The predicted molar refractivity (Wildman–Crippen MR) is 147 cm³/mol. The Bertz CT molecular complexity index is 1250. The van der Waals surface area contributed by atoms with Crippen molar-refractivity contribution in [2.45, 2.75) is 80.4 Å². The van der Waals surface area contributed by atoms with E-state index in [1.54, 1.807) is 0 Å². The lowest BCUT2D eigenvalue weighted by Gasteiger charge is -2.42. The van der Waals surface area contributed by atoms with Crippen LogP contribution >= 0.6 is 0 Å². The maximum absolute atomic E-state index is 14.3. The first-order valence-electron chi connectivity index (χ1n) is 14.2. The van der Waals surface area contributed by atoms with Gasteiger partial charge in [0.05, 0.1) is 42.4 Å². The first-order valence-corrected chi connectivity index (χ1v) is 15.6. The van der Waals surface area contributed by atoms with E-state index in [1.165, 1.54) is 24.3 Å². The van der Waals surface area contributed by atoms with Gasteiger partial charge in [0.25, 0.3) is 10.0 Å². The Morgan fingerprint density at radius 3 is 2.41 bits per heavy atom. The van der Waals surface area contributed by atoms with Gasteiger partial charge in [0, 0.05) is 11.8 Å². The van der Waals surface area contributed by atoms with Crippen molar-refractivity contribution in [3.05, 3.63) is 60.2 Å². The van der Waals surface area contributed by atoms with E-state index >= 15 is 0 Å². The highest BCUT2D eigenvalue weighted by Gasteiger charge is 2.53. The van der Waals surface area contributed by atoms with Crippen LogP contribution < -0.4 is 5.32 Å². The molecule has 5 rings (SSSR count). The van der Waals surface area contributed by atoms with Crippen molar-refractivity contribution >= 4 is 16.1 Å². The Hall–Kier alpha value is -2.74. The Balaban J connectivity index is 1.58. The molecule has 2 heterocycles. The molecule has 12 heteroatoms.